The topological polar surface area (TPSA) is 37.8 Å². The maximum atomic E-state index is 4.15. The molecule has 1 aliphatic carbocycles. The fraction of sp³-hybridized carbons (Fsp3) is 0.400. The minimum Gasteiger partial charge on any atom is -0.308 e. The first-order valence-electron chi connectivity index (χ1n) is 4.58. The van der Waals surface area contributed by atoms with Crippen LogP contribution in [0.15, 0.2) is 30.7 Å². The van der Waals surface area contributed by atoms with Crippen LogP contribution in [0, 0.1) is 0 Å². The van der Waals surface area contributed by atoms with Crippen LogP contribution in [0.2, 0.25) is 0 Å². The van der Waals surface area contributed by atoms with Gasteiger partial charge in [-0.05, 0) is 18.9 Å². The Labute approximate surface area is 77.9 Å². The molecule has 0 saturated heterocycles. The predicted molar refractivity (Wildman–Crippen MR) is 51.0 cm³/mol. The molecule has 2 rings (SSSR count). The van der Waals surface area contributed by atoms with Crippen LogP contribution in [0.1, 0.15) is 18.5 Å². The molecule has 1 aliphatic rings. The van der Waals surface area contributed by atoms with E-state index in [1.54, 1.807) is 12.5 Å². The monoisotopic (exact) mass is 175 g/mol. The number of hydrogen-bond donors (Lipinski definition) is 1. The van der Waals surface area contributed by atoms with Gasteiger partial charge in [-0.15, -0.1) is 0 Å². The summed E-state index contributed by atoms with van der Waals surface area (Å²) in [5.74, 6) is 0. The molecule has 0 bridgehead atoms. The van der Waals surface area contributed by atoms with E-state index in [9.17, 15) is 0 Å². The summed E-state index contributed by atoms with van der Waals surface area (Å²) in [7, 11) is 0. The van der Waals surface area contributed by atoms with Gasteiger partial charge in [0, 0.05) is 18.8 Å². The van der Waals surface area contributed by atoms with Gasteiger partial charge in [-0.25, -0.2) is 9.97 Å². The molecule has 1 N–H and O–H groups in total. The van der Waals surface area contributed by atoms with E-state index < -0.39 is 0 Å². The Morgan fingerprint density at radius 3 is 2.92 bits per heavy atom. The lowest BCUT2D eigenvalue weighted by Gasteiger charge is -2.10. The molecule has 0 unspecified atom stereocenters. The highest BCUT2D eigenvalue weighted by Gasteiger charge is 2.08. The molecule has 0 aromatic carbocycles. The van der Waals surface area contributed by atoms with Crippen molar-refractivity contribution in [3.63, 3.8) is 0 Å². The fourth-order valence-electron chi connectivity index (χ4n) is 1.46. The summed E-state index contributed by atoms with van der Waals surface area (Å²) >= 11 is 0. The molecule has 0 saturated carbocycles. The number of nitrogens with one attached hydrogen (secondary N) is 1. The van der Waals surface area contributed by atoms with E-state index in [0.29, 0.717) is 6.04 Å². The van der Waals surface area contributed by atoms with Crippen LogP contribution < -0.4 is 5.32 Å². The van der Waals surface area contributed by atoms with E-state index in [1.165, 1.54) is 0 Å². The Bertz CT molecular complexity index is 273. The highest BCUT2D eigenvalue weighted by Crippen LogP contribution is 2.09. The third kappa shape index (κ3) is 2.36. The Balaban J connectivity index is 1.80. The molecule has 0 spiro atoms. The second-order valence-corrected chi connectivity index (χ2v) is 3.22. The highest BCUT2D eigenvalue weighted by molar-refractivity contribution is 5.01. The fourth-order valence-corrected chi connectivity index (χ4v) is 1.46. The maximum absolute atomic E-state index is 4.15. The van der Waals surface area contributed by atoms with Gasteiger partial charge in [-0.3, -0.25) is 0 Å². The van der Waals surface area contributed by atoms with Gasteiger partial charge in [0.25, 0.3) is 0 Å². The van der Waals surface area contributed by atoms with Crippen LogP contribution in [0.3, 0.4) is 0 Å². The quantitative estimate of drug-likeness (QED) is 0.703. The van der Waals surface area contributed by atoms with Gasteiger partial charge in [0.1, 0.15) is 6.33 Å². The summed E-state index contributed by atoms with van der Waals surface area (Å²) in [6, 6.07) is 2.55. The normalized spacial score (nSPS) is 16.6. The number of rotatable bonds is 3. The van der Waals surface area contributed by atoms with Gasteiger partial charge >= 0.3 is 0 Å². The molecular weight excluding hydrogens is 162 g/mol. The van der Waals surface area contributed by atoms with Crippen molar-refractivity contribution in [3.05, 3.63) is 36.4 Å². The largest absolute Gasteiger partial charge is 0.308 e. The van der Waals surface area contributed by atoms with Crippen molar-refractivity contribution in [2.24, 2.45) is 0 Å². The Morgan fingerprint density at radius 2 is 2.23 bits per heavy atom. The molecule has 0 fully saturated rings. The third-order valence-corrected chi connectivity index (χ3v) is 2.22. The van der Waals surface area contributed by atoms with Crippen LogP contribution in [-0.2, 0) is 6.54 Å². The van der Waals surface area contributed by atoms with E-state index in [-0.39, 0.29) is 0 Å². The zero-order valence-corrected chi connectivity index (χ0v) is 7.48. The van der Waals surface area contributed by atoms with E-state index in [4.69, 9.17) is 0 Å². The Morgan fingerprint density at radius 1 is 1.38 bits per heavy atom. The van der Waals surface area contributed by atoms with Crippen molar-refractivity contribution in [1.82, 2.24) is 15.3 Å². The molecule has 0 atom stereocenters. The van der Waals surface area contributed by atoms with Gasteiger partial charge in [-0.1, -0.05) is 12.2 Å². The van der Waals surface area contributed by atoms with E-state index in [1.807, 2.05) is 6.07 Å². The lowest BCUT2D eigenvalue weighted by Crippen LogP contribution is -2.25. The molecule has 1 aromatic heterocycles. The standard InChI is InChI=1S/C10H13N3/c1-2-4-9(3-1)12-7-10-5-6-11-8-13-10/h1-2,5-6,8-9,12H,3-4,7H2. The van der Waals surface area contributed by atoms with Gasteiger partial charge in [0.15, 0.2) is 0 Å². The molecule has 68 valence electrons. The predicted octanol–water partition coefficient (Wildman–Crippen LogP) is 1.28. The molecule has 3 nitrogen and oxygen atoms in total. The van der Waals surface area contributed by atoms with E-state index in [2.05, 4.69) is 27.4 Å². The van der Waals surface area contributed by atoms with Crippen molar-refractivity contribution in [2.75, 3.05) is 0 Å². The summed E-state index contributed by atoms with van der Waals surface area (Å²) in [6.45, 7) is 0.842. The van der Waals surface area contributed by atoms with Crippen molar-refractivity contribution in [3.8, 4) is 0 Å². The lowest BCUT2D eigenvalue weighted by atomic mass is 10.2. The van der Waals surface area contributed by atoms with Crippen LogP contribution in [0.5, 0.6) is 0 Å². The molecule has 0 amide bonds. The molecular formula is C10H13N3. The number of nitrogens with zero attached hydrogens (tertiary/aromatic N) is 2. The van der Waals surface area contributed by atoms with Crippen LogP contribution >= 0.6 is 0 Å². The highest BCUT2D eigenvalue weighted by atomic mass is 14.9. The van der Waals surface area contributed by atoms with Gasteiger partial charge in [0.05, 0.1) is 5.69 Å². The number of aromatic nitrogens is 2. The summed E-state index contributed by atoms with van der Waals surface area (Å²) in [5.41, 5.74) is 1.06. The molecule has 1 aromatic rings. The Hall–Kier alpha value is -1.22. The molecule has 3 heteroatoms. The van der Waals surface area contributed by atoms with Crippen molar-refractivity contribution in [2.45, 2.75) is 25.4 Å². The lowest BCUT2D eigenvalue weighted by molar-refractivity contribution is 0.532. The van der Waals surface area contributed by atoms with Crippen molar-refractivity contribution >= 4 is 0 Å². The van der Waals surface area contributed by atoms with Crippen LogP contribution in [0.4, 0.5) is 0 Å². The van der Waals surface area contributed by atoms with Crippen molar-refractivity contribution in [1.29, 1.82) is 0 Å². The smallest absolute Gasteiger partial charge is 0.115 e. The number of hydrogen-bond acceptors (Lipinski definition) is 3. The summed E-state index contributed by atoms with van der Waals surface area (Å²) in [5, 5.41) is 3.45. The zero-order chi connectivity index (χ0) is 8.93. The zero-order valence-electron chi connectivity index (χ0n) is 7.48. The molecule has 13 heavy (non-hydrogen) atoms. The third-order valence-electron chi connectivity index (χ3n) is 2.22. The molecule has 0 radical (unpaired) electrons. The minimum absolute atomic E-state index is 0.606. The first-order valence-corrected chi connectivity index (χ1v) is 4.58. The summed E-state index contributed by atoms with van der Waals surface area (Å²) in [6.07, 6.45) is 10.1. The van der Waals surface area contributed by atoms with Gasteiger partial charge < -0.3 is 5.32 Å². The van der Waals surface area contributed by atoms with Crippen LogP contribution in [-0.4, -0.2) is 16.0 Å². The van der Waals surface area contributed by atoms with Crippen LogP contribution in [0.25, 0.3) is 0 Å². The first-order chi connectivity index (χ1) is 6.45. The van der Waals surface area contributed by atoms with E-state index >= 15 is 0 Å². The Kier molecular flexibility index (Phi) is 2.67. The van der Waals surface area contributed by atoms with Crippen molar-refractivity contribution < 1.29 is 0 Å². The maximum Gasteiger partial charge on any atom is 0.115 e. The SMILES string of the molecule is C1=CCC(NCc2ccncn2)C1. The summed E-state index contributed by atoms with van der Waals surface area (Å²) < 4.78 is 0. The van der Waals surface area contributed by atoms with Gasteiger partial charge in [0.2, 0.25) is 0 Å². The second kappa shape index (κ2) is 4.14. The molecule has 1 heterocycles. The average Bonchev–Trinajstić information content (AvgIpc) is 2.69. The van der Waals surface area contributed by atoms with E-state index in [0.717, 1.165) is 25.1 Å². The molecule has 0 aliphatic heterocycles. The first kappa shape index (κ1) is 8.38. The second-order valence-electron chi connectivity index (χ2n) is 3.22. The average molecular weight is 175 g/mol. The minimum atomic E-state index is 0.606. The summed E-state index contributed by atoms with van der Waals surface area (Å²) in [4.78, 5) is 8.02. The van der Waals surface area contributed by atoms with Gasteiger partial charge in [-0.2, -0.15) is 0 Å².